The Hall–Kier alpha value is -2.40. The summed E-state index contributed by atoms with van der Waals surface area (Å²) in [5.74, 6) is 0.811. The Morgan fingerprint density at radius 1 is 1.24 bits per heavy atom. The van der Waals surface area contributed by atoms with E-state index in [2.05, 4.69) is 24.1 Å². The molecule has 2 heterocycles. The zero-order valence-electron chi connectivity index (χ0n) is 15.0. The van der Waals surface area contributed by atoms with Gasteiger partial charge in [-0.05, 0) is 50.6 Å². The molecular formula is C20H25N3O2. The van der Waals surface area contributed by atoms with Crippen LogP contribution in [0.5, 0.6) is 5.75 Å². The van der Waals surface area contributed by atoms with Crippen LogP contribution in [0.3, 0.4) is 0 Å². The highest BCUT2D eigenvalue weighted by Gasteiger charge is 2.25. The number of nitrogens with zero attached hydrogens (tertiary/aromatic N) is 2. The van der Waals surface area contributed by atoms with Crippen LogP contribution in [0, 0.1) is 6.92 Å². The van der Waals surface area contributed by atoms with E-state index < -0.39 is 0 Å². The third-order valence-corrected chi connectivity index (χ3v) is 4.31. The normalized spacial score (nSPS) is 20.4. The van der Waals surface area contributed by atoms with Crippen LogP contribution < -0.4 is 10.1 Å². The highest BCUT2D eigenvalue weighted by molar-refractivity contribution is 5.94. The van der Waals surface area contributed by atoms with Crippen LogP contribution >= 0.6 is 0 Å². The van der Waals surface area contributed by atoms with Crippen molar-refractivity contribution in [3.63, 3.8) is 0 Å². The van der Waals surface area contributed by atoms with Crippen LogP contribution in [0.4, 0.5) is 0 Å². The summed E-state index contributed by atoms with van der Waals surface area (Å²) in [6.45, 7) is 8.04. The van der Waals surface area contributed by atoms with E-state index in [1.807, 2.05) is 48.2 Å². The number of carbonyl (C=O) groups is 1. The van der Waals surface area contributed by atoms with Gasteiger partial charge in [-0.25, -0.2) is 0 Å². The van der Waals surface area contributed by atoms with Gasteiger partial charge in [-0.3, -0.25) is 9.78 Å². The lowest BCUT2D eigenvalue weighted by Gasteiger charge is -2.36. The molecule has 25 heavy (non-hydrogen) atoms. The third kappa shape index (κ3) is 4.57. The molecule has 5 nitrogen and oxygen atoms in total. The summed E-state index contributed by atoms with van der Waals surface area (Å²) in [4.78, 5) is 18.9. The molecule has 1 aromatic heterocycles. The molecule has 1 aromatic carbocycles. The minimum atomic E-state index is 0.0825. The number of piperazine rings is 1. The van der Waals surface area contributed by atoms with Crippen LogP contribution in [0.25, 0.3) is 0 Å². The first-order chi connectivity index (χ1) is 12.0. The van der Waals surface area contributed by atoms with Crippen molar-refractivity contribution in [1.82, 2.24) is 15.2 Å². The van der Waals surface area contributed by atoms with Crippen molar-refractivity contribution in [1.29, 1.82) is 0 Å². The first-order valence-electron chi connectivity index (χ1n) is 8.71. The molecule has 2 aromatic rings. The molecule has 1 saturated heterocycles. The molecular weight excluding hydrogens is 314 g/mol. The van der Waals surface area contributed by atoms with Gasteiger partial charge in [0.15, 0.2) is 0 Å². The number of rotatable bonds is 4. The molecule has 0 spiro atoms. The molecule has 1 fully saturated rings. The molecule has 1 amide bonds. The van der Waals surface area contributed by atoms with E-state index in [0.717, 1.165) is 30.1 Å². The van der Waals surface area contributed by atoms with E-state index in [1.165, 1.54) is 0 Å². The second-order valence-electron chi connectivity index (χ2n) is 6.80. The lowest BCUT2D eigenvalue weighted by Crippen LogP contribution is -2.55. The summed E-state index contributed by atoms with van der Waals surface area (Å²) < 4.78 is 5.76. The molecule has 132 valence electrons. The zero-order valence-corrected chi connectivity index (χ0v) is 15.0. The van der Waals surface area contributed by atoms with Gasteiger partial charge in [0.1, 0.15) is 12.4 Å². The minimum Gasteiger partial charge on any atom is -0.487 e. The Balaban J connectivity index is 1.66. The molecule has 2 atom stereocenters. The standard InChI is InChI=1S/C20H25N3O2/c1-14-7-8-19(10-21-14)25-13-17-5-4-6-18(9-17)20(24)23-11-15(2)22-16(3)12-23/h4-10,15-16,22H,11-13H2,1-3H3. The molecule has 0 aliphatic carbocycles. The van der Waals surface area contributed by atoms with Gasteiger partial charge >= 0.3 is 0 Å². The highest BCUT2D eigenvalue weighted by Crippen LogP contribution is 2.15. The maximum absolute atomic E-state index is 12.8. The summed E-state index contributed by atoms with van der Waals surface area (Å²) in [5.41, 5.74) is 2.64. The van der Waals surface area contributed by atoms with E-state index in [4.69, 9.17) is 4.74 Å². The van der Waals surface area contributed by atoms with Gasteiger partial charge in [0.05, 0.1) is 6.20 Å². The maximum atomic E-state index is 12.8. The van der Waals surface area contributed by atoms with Crippen molar-refractivity contribution < 1.29 is 9.53 Å². The smallest absolute Gasteiger partial charge is 0.253 e. The molecule has 2 unspecified atom stereocenters. The number of amides is 1. The Morgan fingerprint density at radius 3 is 2.68 bits per heavy atom. The van der Waals surface area contributed by atoms with Gasteiger partial charge in [0.2, 0.25) is 0 Å². The number of nitrogens with one attached hydrogen (secondary N) is 1. The van der Waals surface area contributed by atoms with Gasteiger partial charge in [-0.2, -0.15) is 0 Å². The Kier molecular flexibility index (Phi) is 5.34. The number of benzene rings is 1. The number of hydrogen-bond donors (Lipinski definition) is 1. The molecule has 3 rings (SSSR count). The second kappa shape index (κ2) is 7.66. The van der Waals surface area contributed by atoms with Crippen molar-refractivity contribution in [3.05, 3.63) is 59.4 Å². The third-order valence-electron chi connectivity index (χ3n) is 4.31. The fraction of sp³-hybridized carbons (Fsp3) is 0.400. The Morgan fingerprint density at radius 2 is 2.00 bits per heavy atom. The zero-order chi connectivity index (χ0) is 17.8. The number of aromatic nitrogens is 1. The fourth-order valence-electron chi connectivity index (χ4n) is 3.18. The minimum absolute atomic E-state index is 0.0825. The quantitative estimate of drug-likeness (QED) is 0.931. The lowest BCUT2D eigenvalue weighted by atomic mass is 10.1. The second-order valence-corrected chi connectivity index (χ2v) is 6.80. The molecule has 0 bridgehead atoms. The van der Waals surface area contributed by atoms with Gasteiger partial charge in [-0.1, -0.05) is 12.1 Å². The topological polar surface area (TPSA) is 54.5 Å². The monoisotopic (exact) mass is 339 g/mol. The van der Waals surface area contributed by atoms with E-state index in [1.54, 1.807) is 6.20 Å². The van der Waals surface area contributed by atoms with E-state index in [0.29, 0.717) is 24.3 Å². The van der Waals surface area contributed by atoms with Crippen molar-refractivity contribution in [3.8, 4) is 5.75 Å². The maximum Gasteiger partial charge on any atom is 0.253 e. The highest BCUT2D eigenvalue weighted by atomic mass is 16.5. The predicted molar refractivity (Wildman–Crippen MR) is 97.7 cm³/mol. The van der Waals surface area contributed by atoms with Crippen LogP contribution in [0.2, 0.25) is 0 Å². The summed E-state index contributed by atoms with van der Waals surface area (Å²) in [6.07, 6.45) is 1.72. The molecule has 5 heteroatoms. The fourth-order valence-corrected chi connectivity index (χ4v) is 3.18. The summed E-state index contributed by atoms with van der Waals surface area (Å²) in [7, 11) is 0. The number of pyridine rings is 1. The van der Waals surface area contributed by atoms with Gasteiger partial charge in [-0.15, -0.1) is 0 Å². The lowest BCUT2D eigenvalue weighted by molar-refractivity contribution is 0.0673. The van der Waals surface area contributed by atoms with Gasteiger partial charge in [0, 0.05) is 36.4 Å². The van der Waals surface area contributed by atoms with Crippen LogP contribution in [0.1, 0.15) is 35.5 Å². The predicted octanol–water partition coefficient (Wildman–Crippen LogP) is 2.79. The van der Waals surface area contributed by atoms with Crippen LogP contribution in [-0.4, -0.2) is 41.0 Å². The number of ether oxygens (including phenoxy) is 1. The molecule has 0 saturated carbocycles. The Bertz CT molecular complexity index is 720. The largest absolute Gasteiger partial charge is 0.487 e. The molecule has 1 aliphatic heterocycles. The number of aryl methyl sites for hydroxylation is 1. The average molecular weight is 339 g/mol. The summed E-state index contributed by atoms with van der Waals surface area (Å²) >= 11 is 0. The Labute approximate surface area is 149 Å². The number of carbonyl (C=O) groups excluding carboxylic acids is 1. The summed E-state index contributed by atoms with van der Waals surface area (Å²) in [6, 6.07) is 12.1. The van der Waals surface area contributed by atoms with Crippen LogP contribution in [-0.2, 0) is 6.61 Å². The van der Waals surface area contributed by atoms with Gasteiger partial charge < -0.3 is 15.0 Å². The van der Waals surface area contributed by atoms with Crippen molar-refractivity contribution in [2.45, 2.75) is 39.5 Å². The SMILES string of the molecule is Cc1ccc(OCc2cccc(C(=O)N3CC(C)NC(C)C3)c2)cn1. The molecule has 1 aliphatic rings. The van der Waals surface area contributed by atoms with E-state index >= 15 is 0 Å². The first-order valence-corrected chi connectivity index (χ1v) is 8.71. The van der Waals surface area contributed by atoms with E-state index in [9.17, 15) is 4.79 Å². The summed E-state index contributed by atoms with van der Waals surface area (Å²) in [5, 5.41) is 3.45. The van der Waals surface area contributed by atoms with Gasteiger partial charge in [0.25, 0.3) is 5.91 Å². The van der Waals surface area contributed by atoms with Crippen molar-refractivity contribution in [2.75, 3.05) is 13.1 Å². The average Bonchev–Trinajstić information content (AvgIpc) is 2.60. The molecule has 0 radical (unpaired) electrons. The first kappa shape index (κ1) is 17.4. The van der Waals surface area contributed by atoms with Crippen molar-refractivity contribution >= 4 is 5.91 Å². The van der Waals surface area contributed by atoms with Crippen LogP contribution in [0.15, 0.2) is 42.6 Å². The molecule has 1 N–H and O–H groups in total. The number of hydrogen-bond acceptors (Lipinski definition) is 4. The van der Waals surface area contributed by atoms with E-state index in [-0.39, 0.29) is 5.91 Å². The van der Waals surface area contributed by atoms with Crippen molar-refractivity contribution in [2.24, 2.45) is 0 Å².